The van der Waals surface area contributed by atoms with E-state index >= 15 is 0 Å². The molecule has 1 aromatic rings. The van der Waals surface area contributed by atoms with Crippen molar-refractivity contribution in [2.24, 2.45) is 17.3 Å². The molecule has 2 amide bonds. The standard InChI is InChI=1S/C18H23NO2/c1-12-8-9-13(2)18(10-12)11-15(20)19-17(21)16(18)14-6-4-3-5-7-14/h3-7,12-13,16H,8-11H2,1-2H3,(H,19,20,21). The van der Waals surface area contributed by atoms with Crippen molar-refractivity contribution < 1.29 is 9.59 Å². The minimum atomic E-state index is -0.210. The fraction of sp³-hybridized carbons (Fsp3) is 0.556. The summed E-state index contributed by atoms with van der Waals surface area (Å²) in [4.78, 5) is 24.6. The fourth-order valence-corrected chi connectivity index (χ4v) is 4.47. The third-order valence-electron chi connectivity index (χ3n) is 5.52. The van der Waals surface area contributed by atoms with E-state index in [-0.39, 0.29) is 23.1 Å². The second kappa shape index (κ2) is 5.28. The van der Waals surface area contributed by atoms with Gasteiger partial charge in [-0.1, -0.05) is 50.6 Å². The lowest BCUT2D eigenvalue weighted by Gasteiger charge is -2.51. The highest BCUT2D eigenvalue weighted by molar-refractivity contribution is 6.02. The van der Waals surface area contributed by atoms with Gasteiger partial charge >= 0.3 is 0 Å². The Morgan fingerprint density at radius 3 is 2.52 bits per heavy atom. The van der Waals surface area contributed by atoms with Gasteiger partial charge in [0.2, 0.25) is 11.8 Å². The van der Waals surface area contributed by atoms with E-state index in [0.29, 0.717) is 18.3 Å². The first kappa shape index (κ1) is 14.3. The minimum Gasteiger partial charge on any atom is -0.296 e. The molecular formula is C18H23NO2. The molecule has 2 fully saturated rings. The largest absolute Gasteiger partial charge is 0.296 e. The van der Waals surface area contributed by atoms with Gasteiger partial charge < -0.3 is 0 Å². The van der Waals surface area contributed by atoms with Crippen LogP contribution in [0, 0.1) is 17.3 Å². The molecule has 112 valence electrons. The third kappa shape index (κ3) is 2.39. The maximum absolute atomic E-state index is 12.6. The van der Waals surface area contributed by atoms with E-state index in [9.17, 15) is 9.59 Å². The van der Waals surface area contributed by atoms with Crippen molar-refractivity contribution in [2.45, 2.75) is 45.4 Å². The first-order chi connectivity index (χ1) is 10.0. The van der Waals surface area contributed by atoms with Gasteiger partial charge in [0.1, 0.15) is 0 Å². The smallest absolute Gasteiger partial charge is 0.234 e. The summed E-state index contributed by atoms with van der Waals surface area (Å²) >= 11 is 0. The maximum atomic E-state index is 12.6. The van der Waals surface area contributed by atoms with Crippen LogP contribution in [0.25, 0.3) is 0 Å². The highest BCUT2D eigenvalue weighted by Crippen LogP contribution is 2.55. The Kier molecular flexibility index (Phi) is 3.60. The van der Waals surface area contributed by atoms with Gasteiger partial charge in [-0.05, 0) is 35.7 Å². The van der Waals surface area contributed by atoms with Crippen molar-refractivity contribution >= 4 is 11.8 Å². The van der Waals surface area contributed by atoms with E-state index in [1.807, 2.05) is 30.3 Å². The van der Waals surface area contributed by atoms with E-state index in [1.165, 1.54) is 6.42 Å². The molecule has 1 heterocycles. The number of imide groups is 1. The predicted molar refractivity (Wildman–Crippen MR) is 81.6 cm³/mol. The molecule has 0 bridgehead atoms. The lowest BCUT2D eigenvalue weighted by atomic mass is 9.53. The summed E-state index contributed by atoms with van der Waals surface area (Å²) in [5.41, 5.74) is 0.835. The van der Waals surface area contributed by atoms with Gasteiger partial charge in [0.15, 0.2) is 0 Å². The van der Waals surface area contributed by atoms with Crippen molar-refractivity contribution in [2.75, 3.05) is 0 Å². The minimum absolute atomic E-state index is 0.104. The molecule has 1 saturated heterocycles. The van der Waals surface area contributed by atoms with Gasteiger partial charge in [-0.25, -0.2) is 0 Å². The molecule has 21 heavy (non-hydrogen) atoms. The molecule has 1 N–H and O–H groups in total. The Labute approximate surface area is 126 Å². The Hall–Kier alpha value is -1.64. The van der Waals surface area contributed by atoms with Gasteiger partial charge in [-0.3, -0.25) is 14.9 Å². The number of benzene rings is 1. The van der Waals surface area contributed by atoms with Crippen LogP contribution in [0.5, 0.6) is 0 Å². The molecule has 3 rings (SSSR count). The molecule has 1 spiro atoms. The second-order valence-electron chi connectivity index (χ2n) is 6.95. The number of hydrogen-bond donors (Lipinski definition) is 1. The molecule has 2 aliphatic rings. The zero-order chi connectivity index (χ0) is 15.0. The molecule has 0 radical (unpaired) electrons. The number of piperidine rings is 1. The van der Waals surface area contributed by atoms with Gasteiger partial charge in [0, 0.05) is 6.42 Å². The number of amides is 2. The Morgan fingerprint density at radius 2 is 1.81 bits per heavy atom. The summed E-state index contributed by atoms with van der Waals surface area (Å²) in [6.07, 6.45) is 3.74. The van der Waals surface area contributed by atoms with Gasteiger partial charge in [0.05, 0.1) is 5.92 Å². The Morgan fingerprint density at radius 1 is 1.10 bits per heavy atom. The lowest BCUT2D eigenvalue weighted by molar-refractivity contribution is -0.144. The Bertz CT molecular complexity index is 554. The van der Waals surface area contributed by atoms with Crippen LogP contribution < -0.4 is 5.32 Å². The summed E-state index contributed by atoms with van der Waals surface area (Å²) in [5.74, 6) is 0.556. The molecule has 1 saturated carbocycles. The van der Waals surface area contributed by atoms with Crippen molar-refractivity contribution in [3.63, 3.8) is 0 Å². The summed E-state index contributed by atoms with van der Waals surface area (Å²) in [7, 11) is 0. The maximum Gasteiger partial charge on any atom is 0.234 e. The zero-order valence-electron chi connectivity index (χ0n) is 12.8. The lowest BCUT2D eigenvalue weighted by Crippen LogP contribution is -2.55. The Balaban J connectivity index is 2.08. The van der Waals surface area contributed by atoms with Gasteiger partial charge in [-0.2, -0.15) is 0 Å². The third-order valence-corrected chi connectivity index (χ3v) is 5.52. The second-order valence-corrected chi connectivity index (χ2v) is 6.95. The molecule has 1 aliphatic carbocycles. The molecule has 3 heteroatoms. The number of carbonyl (C=O) groups is 2. The quantitative estimate of drug-likeness (QED) is 0.805. The fourth-order valence-electron chi connectivity index (χ4n) is 4.47. The first-order valence-electron chi connectivity index (χ1n) is 7.91. The summed E-state index contributed by atoms with van der Waals surface area (Å²) in [6.45, 7) is 4.46. The predicted octanol–water partition coefficient (Wildman–Crippen LogP) is 3.26. The molecule has 1 aromatic carbocycles. The van der Waals surface area contributed by atoms with Crippen LogP contribution >= 0.6 is 0 Å². The summed E-state index contributed by atoms with van der Waals surface area (Å²) < 4.78 is 0. The number of rotatable bonds is 1. The topological polar surface area (TPSA) is 46.2 Å². The van der Waals surface area contributed by atoms with Crippen molar-refractivity contribution in [3.8, 4) is 0 Å². The van der Waals surface area contributed by atoms with Crippen LogP contribution in [0.3, 0.4) is 0 Å². The molecule has 4 atom stereocenters. The number of nitrogens with one attached hydrogen (secondary N) is 1. The average molecular weight is 285 g/mol. The highest BCUT2D eigenvalue weighted by atomic mass is 16.2. The number of carbonyl (C=O) groups excluding carboxylic acids is 2. The molecular weight excluding hydrogens is 262 g/mol. The van der Waals surface area contributed by atoms with Crippen molar-refractivity contribution in [3.05, 3.63) is 35.9 Å². The van der Waals surface area contributed by atoms with Crippen LogP contribution in [-0.4, -0.2) is 11.8 Å². The molecule has 1 aliphatic heterocycles. The van der Waals surface area contributed by atoms with E-state index in [1.54, 1.807) is 0 Å². The van der Waals surface area contributed by atoms with Crippen LogP contribution in [0.15, 0.2) is 30.3 Å². The molecule has 4 unspecified atom stereocenters. The monoisotopic (exact) mass is 285 g/mol. The van der Waals surface area contributed by atoms with Crippen LogP contribution in [-0.2, 0) is 9.59 Å². The van der Waals surface area contributed by atoms with Crippen molar-refractivity contribution in [1.82, 2.24) is 5.32 Å². The zero-order valence-corrected chi connectivity index (χ0v) is 12.8. The average Bonchev–Trinajstić information content (AvgIpc) is 2.43. The van der Waals surface area contributed by atoms with Gasteiger partial charge in [0.25, 0.3) is 0 Å². The van der Waals surface area contributed by atoms with E-state index in [0.717, 1.165) is 18.4 Å². The summed E-state index contributed by atoms with van der Waals surface area (Å²) in [5, 5.41) is 2.56. The SMILES string of the molecule is CC1CCC(C)C2(CC(=O)NC(=O)C2c2ccccc2)C1. The highest BCUT2D eigenvalue weighted by Gasteiger charge is 2.53. The van der Waals surface area contributed by atoms with E-state index < -0.39 is 0 Å². The van der Waals surface area contributed by atoms with Crippen LogP contribution in [0.4, 0.5) is 0 Å². The van der Waals surface area contributed by atoms with Crippen LogP contribution in [0.1, 0.15) is 51.0 Å². The summed E-state index contributed by atoms with van der Waals surface area (Å²) in [6, 6.07) is 9.96. The van der Waals surface area contributed by atoms with E-state index in [2.05, 4.69) is 19.2 Å². The molecule has 3 nitrogen and oxygen atoms in total. The normalized spacial score (nSPS) is 36.6. The number of hydrogen-bond acceptors (Lipinski definition) is 2. The van der Waals surface area contributed by atoms with Crippen molar-refractivity contribution in [1.29, 1.82) is 0 Å². The van der Waals surface area contributed by atoms with Gasteiger partial charge in [-0.15, -0.1) is 0 Å². The van der Waals surface area contributed by atoms with E-state index in [4.69, 9.17) is 0 Å². The van der Waals surface area contributed by atoms with Crippen LogP contribution in [0.2, 0.25) is 0 Å². The molecule has 0 aromatic heterocycles. The first-order valence-corrected chi connectivity index (χ1v) is 7.91.